The van der Waals surface area contributed by atoms with Gasteiger partial charge in [-0.2, -0.15) is 0 Å². The van der Waals surface area contributed by atoms with E-state index >= 15 is 0 Å². The number of hydrogen-bond donors (Lipinski definition) is 3. The summed E-state index contributed by atoms with van der Waals surface area (Å²) in [5, 5.41) is 16.1. The maximum absolute atomic E-state index is 13.5. The predicted octanol–water partition coefficient (Wildman–Crippen LogP) is 2.68. The van der Waals surface area contributed by atoms with Crippen LogP contribution < -0.4 is 10.6 Å². The first-order chi connectivity index (χ1) is 20.4. The molecule has 2 unspecified atom stereocenters. The molecule has 1 saturated carbocycles. The van der Waals surface area contributed by atoms with Crippen LogP contribution in [0.15, 0.2) is 24.5 Å². The summed E-state index contributed by atoms with van der Waals surface area (Å²) >= 11 is 0. The Labute approximate surface area is 246 Å². The molecule has 230 valence electrons. The maximum Gasteiger partial charge on any atom is 0.326 e. The number of pyridine rings is 1. The summed E-state index contributed by atoms with van der Waals surface area (Å²) in [6.07, 6.45) is 8.48. The van der Waals surface area contributed by atoms with Crippen molar-refractivity contribution in [1.29, 1.82) is 0 Å². The Kier molecular flexibility index (Phi) is 11.6. The fourth-order valence-corrected chi connectivity index (χ4v) is 5.49. The van der Waals surface area contributed by atoms with E-state index in [0.717, 1.165) is 50.2 Å². The third-order valence-electron chi connectivity index (χ3n) is 8.11. The number of aryl methyl sites for hydroxylation is 2. The van der Waals surface area contributed by atoms with Crippen molar-refractivity contribution in [3.63, 3.8) is 0 Å². The molecule has 3 N–H and O–H groups in total. The average Bonchev–Trinajstić information content (AvgIpc) is 3.82. The van der Waals surface area contributed by atoms with Crippen LogP contribution in [-0.4, -0.2) is 96.1 Å². The quantitative estimate of drug-likeness (QED) is 0.224. The Hall–Kier alpha value is -3.22. The van der Waals surface area contributed by atoms with Crippen LogP contribution in [0.25, 0.3) is 0 Å². The van der Waals surface area contributed by atoms with Crippen molar-refractivity contribution in [2.45, 2.75) is 75.5 Å². The SMILES string of the molecule is COCc1nccnc1C1(C(=O)NC(CCN(CCCCc2ccc3c(n2)NCCC3)CC(CF)OC)C(=O)O)CC1. The normalized spacial score (nSPS) is 16.8. The second-order valence-electron chi connectivity index (χ2n) is 11.1. The highest BCUT2D eigenvalue weighted by Gasteiger charge is 2.54. The van der Waals surface area contributed by atoms with Crippen molar-refractivity contribution in [2.24, 2.45) is 0 Å². The third kappa shape index (κ3) is 8.20. The van der Waals surface area contributed by atoms with E-state index in [0.29, 0.717) is 43.9 Å². The number of fused-ring (bicyclic) bond motifs is 1. The monoisotopic (exact) mass is 586 g/mol. The number of hydrogen-bond acceptors (Lipinski definition) is 9. The predicted molar refractivity (Wildman–Crippen MR) is 155 cm³/mol. The molecule has 1 aliphatic heterocycles. The van der Waals surface area contributed by atoms with Gasteiger partial charge < -0.3 is 30.1 Å². The summed E-state index contributed by atoms with van der Waals surface area (Å²) in [5.74, 6) is -0.503. The van der Waals surface area contributed by atoms with E-state index in [1.54, 1.807) is 13.3 Å². The highest BCUT2D eigenvalue weighted by atomic mass is 19.1. The fourth-order valence-electron chi connectivity index (χ4n) is 5.49. The van der Waals surface area contributed by atoms with E-state index < -0.39 is 30.2 Å². The van der Waals surface area contributed by atoms with Crippen LogP contribution in [0.5, 0.6) is 0 Å². The highest BCUT2D eigenvalue weighted by Crippen LogP contribution is 2.48. The van der Waals surface area contributed by atoms with Crippen LogP contribution in [0.2, 0.25) is 0 Å². The van der Waals surface area contributed by atoms with Gasteiger partial charge in [0.1, 0.15) is 18.5 Å². The lowest BCUT2D eigenvalue weighted by atomic mass is 9.98. The van der Waals surface area contributed by atoms with Crippen molar-refractivity contribution >= 4 is 17.7 Å². The molecule has 0 saturated heterocycles. The van der Waals surface area contributed by atoms with E-state index in [4.69, 9.17) is 14.5 Å². The molecule has 4 rings (SSSR count). The molecule has 12 heteroatoms. The number of nitrogens with zero attached hydrogens (tertiary/aromatic N) is 4. The number of alkyl halides is 1. The summed E-state index contributed by atoms with van der Waals surface area (Å²) in [6, 6.07) is 3.13. The van der Waals surface area contributed by atoms with Crippen LogP contribution in [0, 0.1) is 0 Å². The minimum absolute atomic E-state index is 0.170. The number of carbonyl (C=O) groups is 2. The van der Waals surface area contributed by atoms with E-state index in [2.05, 4.69) is 32.7 Å². The summed E-state index contributed by atoms with van der Waals surface area (Å²) in [5.41, 5.74) is 2.50. The molecule has 0 radical (unpaired) electrons. The lowest BCUT2D eigenvalue weighted by Crippen LogP contribution is -2.48. The standard InChI is InChI=1S/C30H43FN6O5/c1-41-20-25-26(33-15-14-32-25)30(11-12-30)29(40)36-24(28(38)39)10-17-37(19-23(18-31)42-2)16-4-3-7-22-9-8-21-6-5-13-34-27(21)35-22/h8-9,14-15,23-24H,3-7,10-13,16-20H2,1-2H3,(H,34,35)(H,36,40)(H,38,39). The minimum atomic E-state index is -1.11. The molecule has 3 heterocycles. The number of carbonyl (C=O) groups excluding carboxylic acids is 1. The van der Waals surface area contributed by atoms with Crippen molar-refractivity contribution < 1.29 is 28.6 Å². The lowest BCUT2D eigenvalue weighted by molar-refractivity contribution is -0.142. The van der Waals surface area contributed by atoms with Gasteiger partial charge in [0, 0.05) is 51.9 Å². The Morgan fingerprint density at radius 2 is 2.00 bits per heavy atom. The summed E-state index contributed by atoms with van der Waals surface area (Å²) in [6.45, 7) is 1.87. The van der Waals surface area contributed by atoms with Crippen molar-refractivity contribution in [3.8, 4) is 0 Å². The van der Waals surface area contributed by atoms with Gasteiger partial charge in [0.15, 0.2) is 0 Å². The molecule has 0 aromatic carbocycles. The van der Waals surface area contributed by atoms with Crippen molar-refractivity contribution in [2.75, 3.05) is 52.4 Å². The second kappa shape index (κ2) is 15.3. The molecule has 2 aromatic heterocycles. The number of carboxylic acids is 1. The number of anilines is 1. The van der Waals surface area contributed by atoms with Crippen molar-refractivity contribution in [3.05, 3.63) is 47.2 Å². The van der Waals surface area contributed by atoms with Gasteiger partial charge in [-0.1, -0.05) is 6.07 Å². The largest absolute Gasteiger partial charge is 0.480 e. The molecule has 2 aromatic rings. The van der Waals surface area contributed by atoms with Gasteiger partial charge in [-0.15, -0.1) is 0 Å². The zero-order chi connectivity index (χ0) is 30.0. The van der Waals surface area contributed by atoms with E-state index in [9.17, 15) is 19.1 Å². The molecule has 0 bridgehead atoms. The Morgan fingerprint density at radius 1 is 1.19 bits per heavy atom. The lowest BCUT2D eigenvalue weighted by Gasteiger charge is -2.27. The number of carboxylic acid groups (broad SMARTS) is 1. The maximum atomic E-state index is 13.5. The molecule has 11 nitrogen and oxygen atoms in total. The molecule has 1 amide bonds. The fraction of sp³-hybridized carbons (Fsp3) is 0.633. The molecular weight excluding hydrogens is 543 g/mol. The Balaban J connectivity index is 1.33. The number of methoxy groups -OCH3 is 2. The number of rotatable bonds is 18. The topological polar surface area (TPSA) is 139 Å². The first-order valence-corrected chi connectivity index (χ1v) is 14.8. The number of nitrogens with one attached hydrogen (secondary N) is 2. The smallest absolute Gasteiger partial charge is 0.326 e. The van der Waals surface area contributed by atoms with Gasteiger partial charge in [-0.05, 0) is 69.5 Å². The molecule has 1 fully saturated rings. The number of unbranched alkanes of at least 4 members (excludes halogenated alkanes) is 1. The van der Waals surface area contributed by atoms with Gasteiger partial charge >= 0.3 is 5.97 Å². The minimum Gasteiger partial charge on any atom is -0.480 e. The Bertz CT molecular complexity index is 1190. The van der Waals surface area contributed by atoms with Gasteiger partial charge in [0.05, 0.1) is 29.5 Å². The van der Waals surface area contributed by atoms with Crippen LogP contribution in [0.4, 0.5) is 10.2 Å². The molecule has 0 spiro atoms. The average molecular weight is 587 g/mol. The van der Waals surface area contributed by atoms with Crippen LogP contribution in [0.3, 0.4) is 0 Å². The first-order valence-electron chi connectivity index (χ1n) is 14.8. The van der Waals surface area contributed by atoms with E-state index in [-0.39, 0.29) is 18.9 Å². The van der Waals surface area contributed by atoms with Gasteiger partial charge in [-0.3, -0.25) is 14.8 Å². The molecule has 2 atom stereocenters. The summed E-state index contributed by atoms with van der Waals surface area (Å²) in [4.78, 5) is 41.0. The number of amides is 1. The van der Waals surface area contributed by atoms with Gasteiger partial charge in [0.25, 0.3) is 0 Å². The number of ether oxygens (including phenoxy) is 2. The van der Waals surface area contributed by atoms with Crippen LogP contribution in [0.1, 0.15) is 61.2 Å². The van der Waals surface area contributed by atoms with Crippen LogP contribution >= 0.6 is 0 Å². The van der Waals surface area contributed by atoms with E-state index in [1.807, 2.05) is 4.90 Å². The third-order valence-corrected chi connectivity index (χ3v) is 8.11. The molecule has 1 aliphatic carbocycles. The molecule has 2 aliphatic rings. The number of halogens is 1. The zero-order valence-electron chi connectivity index (χ0n) is 24.6. The zero-order valence-corrected chi connectivity index (χ0v) is 24.6. The Morgan fingerprint density at radius 3 is 2.71 bits per heavy atom. The molecular formula is C30H43FN6O5. The highest BCUT2D eigenvalue weighted by molar-refractivity contribution is 5.93. The van der Waals surface area contributed by atoms with Gasteiger partial charge in [-0.25, -0.2) is 14.2 Å². The number of aliphatic carboxylic acids is 1. The van der Waals surface area contributed by atoms with E-state index in [1.165, 1.54) is 18.9 Å². The number of aromatic nitrogens is 3. The van der Waals surface area contributed by atoms with Crippen LogP contribution in [-0.2, 0) is 43.9 Å². The summed E-state index contributed by atoms with van der Waals surface area (Å²) < 4.78 is 24.0. The van der Waals surface area contributed by atoms with Crippen molar-refractivity contribution in [1.82, 2.24) is 25.2 Å². The van der Waals surface area contributed by atoms with Gasteiger partial charge in [0.2, 0.25) is 5.91 Å². The second-order valence-corrected chi connectivity index (χ2v) is 11.1. The molecule has 42 heavy (non-hydrogen) atoms. The summed E-state index contributed by atoms with van der Waals surface area (Å²) in [7, 11) is 3.02. The first kappa shape index (κ1) is 31.7.